The molecule has 0 atom stereocenters. The van der Waals surface area contributed by atoms with Crippen LogP contribution < -0.4 is 10.2 Å². The van der Waals surface area contributed by atoms with Crippen LogP contribution in [0.5, 0.6) is 0 Å². The number of amides is 2. The van der Waals surface area contributed by atoms with Gasteiger partial charge >= 0.3 is 0 Å². The standard InChI is InChI=1S/C23H19FN4O2S2/c1-13-7-6-8-14(2)20(13)26-22-27-21(30)19(32-22)11-16-12-31-23(25-16)28(15(3)29)18-10-5-4-9-17(18)24/h4-12H,1-3H3,(H,26,27,30)/b19-11+. The second kappa shape index (κ2) is 9.05. The molecule has 6 nitrogen and oxygen atoms in total. The first-order valence-corrected chi connectivity index (χ1v) is 11.4. The number of carbonyl (C=O) groups excluding carboxylic acids is 2. The van der Waals surface area contributed by atoms with Gasteiger partial charge in [-0.3, -0.25) is 14.5 Å². The predicted octanol–water partition coefficient (Wildman–Crippen LogP) is 5.48. The molecular weight excluding hydrogens is 447 g/mol. The van der Waals surface area contributed by atoms with Crippen molar-refractivity contribution in [2.45, 2.75) is 20.8 Å². The Hall–Kier alpha value is -3.30. The van der Waals surface area contributed by atoms with E-state index in [1.807, 2.05) is 32.0 Å². The number of nitrogens with one attached hydrogen (secondary N) is 1. The van der Waals surface area contributed by atoms with Crippen LogP contribution >= 0.6 is 23.1 Å². The van der Waals surface area contributed by atoms with Crippen molar-refractivity contribution in [2.75, 3.05) is 4.90 Å². The van der Waals surface area contributed by atoms with Gasteiger partial charge in [-0.15, -0.1) is 11.3 Å². The Balaban J connectivity index is 1.60. The second-order valence-corrected chi connectivity index (χ2v) is 8.95. The van der Waals surface area contributed by atoms with Crippen molar-refractivity contribution in [3.63, 3.8) is 0 Å². The quantitative estimate of drug-likeness (QED) is 0.517. The van der Waals surface area contributed by atoms with Crippen molar-refractivity contribution < 1.29 is 14.0 Å². The minimum atomic E-state index is -0.518. The van der Waals surface area contributed by atoms with E-state index >= 15 is 0 Å². The Bertz CT molecular complexity index is 1260. The van der Waals surface area contributed by atoms with Gasteiger partial charge in [0.2, 0.25) is 5.91 Å². The molecule has 0 saturated carbocycles. The van der Waals surface area contributed by atoms with Crippen LogP contribution in [0.2, 0.25) is 0 Å². The molecule has 1 aliphatic rings. The van der Waals surface area contributed by atoms with Crippen LogP contribution in [0.25, 0.3) is 6.08 Å². The number of aryl methyl sites for hydroxylation is 2. The summed E-state index contributed by atoms with van der Waals surface area (Å²) in [4.78, 5) is 35.3. The summed E-state index contributed by atoms with van der Waals surface area (Å²) < 4.78 is 14.3. The number of aliphatic imine (C=N–C) groups is 1. The first kappa shape index (κ1) is 21.9. The minimum Gasteiger partial charge on any atom is -0.300 e. The van der Waals surface area contributed by atoms with E-state index in [9.17, 15) is 14.0 Å². The number of aromatic nitrogens is 1. The monoisotopic (exact) mass is 466 g/mol. The number of carbonyl (C=O) groups is 2. The number of rotatable bonds is 4. The lowest BCUT2D eigenvalue weighted by atomic mass is 10.1. The number of amidine groups is 1. The van der Waals surface area contributed by atoms with Crippen LogP contribution in [0, 0.1) is 19.7 Å². The SMILES string of the molecule is CC(=O)N(c1nc(/C=C2/SC(=Nc3c(C)cccc3C)NC2=O)cs1)c1ccccc1F. The molecule has 1 fully saturated rings. The normalized spacial score (nSPS) is 15.9. The maximum absolute atomic E-state index is 14.3. The number of anilines is 2. The van der Waals surface area contributed by atoms with Gasteiger partial charge in [0.1, 0.15) is 5.82 Å². The molecule has 0 unspecified atom stereocenters. The molecule has 3 aromatic rings. The van der Waals surface area contributed by atoms with Gasteiger partial charge in [-0.25, -0.2) is 14.4 Å². The molecule has 2 amide bonds. The van der Waals surface area contributed by atoms with Crippen LogP contribution in [0.1, 0.15) is 23.7 Å². The van der Waals surface area contributed by atoms with Crippen molar-refractivity contribution in [1.82, 2.24) is 10.3 Å². The number of thioether (sulfide) groups is 1. The van der Waals surface area contributed by atoms with Gasteiger partial charge in [0.25, 0.3) is 5.91 Å². The number of hydrogen-bond donors (Lipinski definition) is 1. The highest BCUT2D eigenvalue weighted by Gasteiger charge is 2.25. The maximum Gasteiger partial charge on any atom is 0.264 e. The van der Waals surface area contributed by atoms with Gasteiger partial charge in [-0.1, -0.05) is 30.3 Å². The van der Waals surface area contributed by atoms with E-state index in [0.29, 0.717) is 20.9 Å². The van der Waals surface area contributed by atoms with E-state index in [1.165, 1.54) is 47.1 Å². The Morgan fingerprint density at radius 2 is 1.88 bits per heavy atom. The van der Waals surface area contributed by atoms with Crippen molar-refractivity contribution >= 4 is 62.7 Å². The molecular formula is C23H19FN4O2S2. The molecule has 0 aliphatic carbocycles. The van der Waals surface area contributed by atoms with Crippen molar-refractivity contribution in [3.8, 4) is 0 Å². The highest BCUT2D eigenvalue weighted by atomic mass is 32.2. The smallest absolute Gasteiger partial charge is 0.264 e. The number of para-hydroxylation sites is 2. The van der Waals surface area contributed by atoms with E-state index in [2.05, 4.69) is 15.3 Å². The van der Waals surface area contributed by atoms with Gasteiger partial charge in [0.05, 0.1) is 22.0 Å². The van der Waals surface area contributed by atoms with Gasteiger partial charge in [0, 0.05) is 12.3 Å². The summed E-state index contributed by atoms with van der Waals surface area (Å²) >= 11 is 2.42. The highest BCUT2D eigenvalue weighted by Crippen LogP contribution is 2.34. The third-order valence-corrected chi connectivity index (χ3v) is 6.45. The summed E-state index contributed by atoms with van der Waals surface area (Å²) in [5.74, 6) is -1.15. The Labute approximate surface area is 192 Å². The van der Waals surface area contributed by atoms with E-state index in [4.69, 9.17) is 0 Å². The van der Waals surface area contributed by atoms with Gasteiger partial charge < -0.3 is 5.32 Å². The summed E-state index contributed by atoms with van der Waals surface area (Å²) in [7, 11) is 0. The first-order chi connectivity index (χ1) is 15.3. The third-order valence-electron chi connectivity index (χ3n) is 4.69. The van der Waals surface area contributed by atoms with Gasteiger partial charge in [0.15, 0.2) is 10.3 Å². The molecule has 1 aliphatic heterocycles. The maximum atomic E-state index is 14.3. The third kappa shape index (κ3) is 4.49. The Morgan fingerprint density at radius 1 is 1.16 bits per heavy atom. The van der Waals surface area contributed by atoms with E-state index in [0.717, 1.165) is 16.8 Å². The fourth-order valence-corrected chi connectivity index (χ4v) is 4.83. The lowest BCUT2D eigenvalue weighted by Crippen LogP contribution is -2.23. The minimum absolute atomic E-state index is 0.129. The largest absolute Gasteiger partial charge is 0.300 e. The van der Waals surface area contributed by atoms with E-state index in [-0.39, 0.29) is 17.5 Å². The van der Waals surface area contributed by atoms with Crippen molar-refractivity contribution in [3.05, 3.63) is 75.4 Å². The second-order valence-electron chi connectivity index (χ2n) is 7.08. The number of benzene rings is 2. The number of nitrogens with zero attached hydrogens (tertiary/aromatic N) is 3. The lowest BCUT2D eigenvalue weighted by Gasteiger charge is -2.18. The Kier molecular flexibility index (Phi) is 6.20. The van der Waals surface area contributed by atoms with Crippen LogP contribution in [-0.2, 0) is 9.59 Å². The molecule has 9 heteroatoms. The lowest BCUT2D eigenvalue weighted by molar-refractivity contribution is -0.116. The molecule has 1 N–H and O–H groups in total. The van der Waals surface area contributed by atoms with E-state index < -0.39 is 5.82 Å². The summed E-state index contributed by atoms with van der Waals surface area (Å²) in [6, 6.07) is 11.9. The summed E-state index contributed by atoms with van der Waals surface area (Å²) in [6.07, 6.45) is 1.63. The van der Waals surface area contributed by atoms with Crippen LogP contribution in [0.15, 0.2) is 57.7 Å². The molecule has 1 saturated heterocycles. The average Bonchev–Trinajstić information content (AvgIpc) is 3.33. The summed E-state index contributed by atoms with van der Waals surface area (Å²) in [6.45, 7) is 5.29. The fourth-order valence-electron chi connectivity index (χ4n) is 3.18. The molecule has 1 aromatic heterocycles. The zero-order valence-corrected chi connectivity index (χ0v) is 19.2. The predicted molar refractivity (Wildman–Crippen MR) is 128 cm³/mol. The molecule has 0 radical (unpaired) electrons. The van der Waals surface area contributed by atoms with Crippen molar-refractivity contribution in [1.29, 1.82) is 0 Å². The van der Waals surface area contributed by atoms with Crippen molar-refractivity contribution in [2.24, 2.45) is 4.99 Å². The fraction of sp³-hybridized carbons (Fsp3) is 0.130. The molecule has 162 valence electrons. The summed E-state index contributed by atoms with van der Waals surface area (Å²) in [5, 5.41) is 5.30. The summed E-state index contributed by atoms with van der Waals surface area (Å²) in [5.41, 5.74) is 3.50. The Morgan fingerprint density at radius 3 is 2.56 bits per heavy atom. The van der Waals surface area contributed by atoms with Gasteiger partial charge in [-0.05, 0) is 54.9 Å². The molecule has 2 aromatic carbocycles. The van der Waals surface area contributed by atoms with Gasteiger partial charge in [-0.2, -0.15) is 0 Å². The van der Waals surface area contributed by atoms with Crippen LogP contribution in [0.4, 0.5) is 20.9 Å². The van der Waals surface area contributed by atoms with E-state index in [1.54, 1.807) is 23.6 Å². The number of halogens is 1. The zero-order valence-electron chi connectivity index (χ0n) is 17.5. The molecule has 32 heavy (non-hydrogen) atoms. The average molecular weight is 467 g/mol. The molecule has 0 spiro atoms. The zero-order chi connectivity index (χ0) is 22.8. The van der Waals surface area contributed by atoms with Crippen LogP contribution in [0.3, 0.4) is 0 Å². The topological polar surface area (TPSA) is 74.7 Å². The molecule has 4 rings (SSSR count). The number of thiazole rings is 1. The molecule has 2 heterocycles. The highest BCUT2D eigenvalue weighted by molar-refractivity contribution is 8.18. The molecule has 0 bridgehead atoms. The number of hydrogen-bond acceptors (Lipinski definition) is 6. The first-order valence-electron chi connectivity index (χ1n) is 9.70. The van der Waals surface area contributed by atoms with Crippen LogP contribution in [-0.4, -0.2) is 22.0 Å².